The van der Waals surface area contributed by atoms with Gasteiger partial charge in [0, 0.05) is 18.5 Å². The topological polar surface area (TPSA) is 93.5 Å². The van der Waals surface area contributed by atoms with Crippen LogP contribution in [0.3, 0.4) is 0 Å². The van der Waals surface area contributed by atoms with Crippen molar-refractivity contribution in [1.29, 1.82) is 5.26 Å². The molecule has 0 bridgehead atoms. The molecule has 1 amide bonds. The van der Waals surface area contributed by atoms with Crippen molar-refractivity contribution in [2.45, 2.75) is 38.9 Å². The lowest BCUT2D eigenvalue weighted by molar-refractivity contribution is -0.128. The van der Waals surface area contributed by atoms with Gasteiger partial charge in [-0.1, -0.05) is 0 Å². The molecule has 1 N–H and O–H groups in total. The van der Waals surface area contributed by atoms with Gasteiger partial charge >= 0.3 is 0 Å². The molecule has 1 aliphatic heterocycles. The number of rotatable bonds is 7. The first-order valence-corrected chi connectivity index (χ1v) is 9.24. The van der Waals surface area contributed by atoms with Crippen LogP contribution >= 0.6 is 0 Å². The van der Waals surface area contributed by atoms with E-state index in [0.717, 1.165) is 25.0 Å². The zero-order valence-electron chi connectivity index (χ0n) is 16.0. The average Bonchev–Trinajstić information content (AvgIpc) is 3.22. The third-order valence-electron chi connectivity index (χ3n) is 4.49. The monoisotopic (exact) mass is 381 g/mol. The summed E-state index contributed by atoms with van der Waals surface area (Å²) in [5, 5.41) is 12.0. The first kappa shape index (κ1) is 19.8. The van der Waals surface area contributed by atoms with Gasteiger partial charge < -0.3 is 19.5 Å². The second kappa shape index (κ2) is 9.31. The number of benzene rings is 1. The second-order valence-corrected chi connectivity index (χ2v) is 6.65. The van der Waals surface area contributed by atoms with Crippen molar-refractivity contribution in [2.24, 2.45) is 0 Å². The van der Waals surface area contributed by atoms with Gasteiger partial charge in [-0.05, 0) is 62.6 Å². The fraction of sp³-hybridized carbons (Fsp3) is 0.381. The number of carbonyl (C=O) groups is 1. The standard InChI is InChI=1S/C21H23N3O4/c1-14-11-17(28-21-16(12-22)5-3-9-23-21)7-8-19(14)24-20(25)15(2)27-13-18-6-4-10-26-18/h3,5,7-9,11,15,18H,4,6,10,13H2,1-2H3,(H,24,25)/t15-,18+/m1/s1. The van der Waals surface area contributed by atoms with Gasteiger partial charge in [0.25, 0.3) is 5.91 Å². The van der Waals surface area contributed by atoms with E-state index in [9.17, 15) is 4.79 Å². The number of nitrogens with zero attached hydrogens (tertiary/aromatic N) is 2. The van der Waals surface area contributed by atoms with Crippen LogP contribution in [0.5, 0.6) is 11.6 Å². The molecule has 2 aromatic rings. The number of pyridine rings is 1. The predicted octanol–water partition coefficient (Wildman–Crippen LogP) is 3.58. The molecule has 0 saturated carbocycles. The summed E-state index contributed by atoms with van der Waals surface area (Å²) in [7, 11) is 0. The van der Waals surface area contributed by atoms with Gasteiger partial charge in [-0.15, -0.1) is 0 Å². The minimum Gasteiger partial charge on any atom is -0.438 e. The van der Waals surface area contributed by atoms with Crippen LogP contribution in [0.1, 0.15) is 30.9 Å². The SMILES string of the molecule is Cc1cc(Oc2ncccc2C#N)ccc1NC(=O)[C@@H](C)OC[C@@H]1CCCO1. The third-order valence-corrected chi connectivity index (χ3v) is 4.49. The Bertz CT molecular complexity index is 872. The van der Waals surface area contributed by atoms with Crippen LogP contribution in [0.2, 0.25) is 0 Å². The fourth-order valence-electron chi connectivity index (χ4n) is 2.85. The average molecular weight is 381 g/mol. The van der Waals surface area contributed by atoms with Crippen molar-refractivity contribution in [1.82, 2.24) is 4.98 Å². The molecule has 1 saturated heterocycles. The summed E-state index contributed by atoms with van der Waals surface area (Å²) in [6.45, 7) is 4.77. The Labute approximate surface area is 164 Å². The molecular formula is C21H23N3O4. The molecule has 146 valence electrons. The predicted molar refractivity (Wildman–Crippen MR) is 103 cm³/mol. The zero-order valence-corrected chi connectivity index (χ0v) is 16.0. The van der Waals surface area contributed by atoms with Gasteiger partial charge in [-0.2, -0.15) is 5.26 Å². The molecule has 0 spiro atoms. The van der Waals surface area contributed by atoms with Crippen molar-refractivity contribution in [2.75, 3.05) is 18.5 Å². The minimum atomic E-state index is -0.578. The van der Waals surface area contributed by atoms with Gasteiger partial charge in [-0.3, -0.25) is 4.79 Å². The van der Waals surface area contributed by atoms with Gasteiger partial charge in [0.15, 0.2) is 0 Å². The van der Waals surface area contributed by atoms with Gasteiger partial charge in [0.2, 0.25) is 5.88 Å². The van der Waals surface area contributed by atoms with Crippen LogP contribution in [-0.4, -0.2) is 36.3 Å². The Morgan fingerprint density at radius 1 is 1.46 bits per heavy atom. The number of aromatic nitrogens is 1. The van der Waals surface area contributed by atoms with E-state index < -0.39 is 6.10 Å². The molecule has 1 aliphatic rings. The molecule has 0 radical (unpaired) electrons. The van der Waals surface area contributed by atoms with E-state index in [1.807, 2.05) is 13.0 Å². The maximum atomic E-state index is 12.4. The first-order valence-electron chi connectivity index (χ1n) is 9.24. The summed E-state index contributed by atoms with van der Waals surface area (Å²) < 4.78 is 16.8. The summed E-state index contributed by atoms with van der Waals surface area (Å²) in [5.41, 5.74) is 1.85. The highest BCUT2D eigenvalue weighted by Gasteiger charge is 2.20. The van der Waals surface area contributed by atoms with Crippen molar-refractivity contribution in [3.8, 4) is 17.7 Å². The van der Waals surface area contributed by atoms with Crippen LogP contribution in [0.15, 0.2) is 36.5 Å². The number of hydrogen-bond donors (Lipinski definition) is 1. The number of nitrogens with one attached hydrogen (secondary N) is 1. The van der Waals surface area contributed by atoms with Crippen LogP contribution in [0.25, 0.3) is 0 Å². The number of carbonyl (C=O) groups excluding carboxylic acids is 1. The van der Waals surface area contributed by atoms with Gasteiger partial charge in [0.1, 0.15) is 23.5 Å². The molecule has 1 fully saturated rings. The molecule has 7 nitrogen and oxygen atoms in total. The normalized spacial score (nSPS) is 17.0. The Kier molecular flexibility index (Phi) is 6.58. The molecule has 0 unspecified atom stereocenters. The lowest BCUT2D eigenvalue weighted by atomic mass is 10.2. The molecule has 28 heavy (non-hydrogen) atoms. The zero-order chi connectivity index (χ0) is 19.9. The van der Waals surface area contributed by atoms with Crippen LogP contribution in [0.4, 0.5) is 5.69 Å². The number of nitriles is 1. The van der Waals surface area contributed by atoms with Gasteiger partial charge in [-0.25, -0.2) is 4.98 Å². The number of anilines is 1. The lowest BCUT2D eigenvalue weighted by Gasteiger charge is -2.17. The minimum absolute atomic E-state index is 0.0818. The summed E-state index contributed by atoms with van der Waals surface area (Å²) in [5.74, 6) is 0.567. The number of amides is 1. The number of hydrogen-bond acceptors (Lipinski definition) is 6. The highest BCUT2D eigenvalue weighted by Crippen LogP contribution is 2.27. The highest BCUT2D eigenvalue weighted by atomic mass is 16.5. The Morgan fingerprint density at radius 3 is 3.04 bits per heavy atom. The van der Waals surface area contributed by atoms with Crippen molar-refractivity contribution >= 4 is 11.6 Å². The highest BCUT2D eigenvalue weighted by molar-refractivity contribution is 5.94. The lowest BCUT2D eigenvalue weighted by Crippen LogP contribution is -2.30. The van der Waals surface area contributed by atoms with E-state index >= 15 is 0 Å². The van der Waals surface area contributed by atoms with E-state index in [4.69, 9.17) is 19.5 Å². The first-order chi connectivity index (χ1) is 13.6. The molecule has 2 atom stereocenters. The molecule has 1 aromatic carbocycles. The molecule has 3 rings (SSSR count). The van der Waals surface area contributed by atoms with Crippen molar-refractivity contribution in [3.63, 3.8) is 0 Å². The van der Waals surface area contributed by atoms with E-state index in [-0.39, 0.29) is 17.9 Å². The van der Waals surface area contributed by atoms with Gasteiger partial charge in [0.05, 0.1) is 12.7 Å². The second-order valence-electron chi connectivity index (χ2n) is 6.65. The Morgan fingerprint density at radius 2 is 2.32 bits per heavy atom. The maximum absolute atomic E-state index is 12.4. The smallest absolute Gasteiger partial charge is 0.253 e. The van der Waals surface area contributed by atoms with E-state index in [1.165, 1.54) is 0 Å². The number of aryl methyl sites for hydroxylation is 1. The van der Waals surface area contributed by atoms with Crippen LogP contribution < -0.4 is 10.1 Å². The summed E-state index contributed by atoms with van der Waals surface area (Å²) >= 11 is 0. The number of ether oxygens (including phenoxy) is 3. The fourth-order valence-corrected chi connectivity index (χ4v) is 2.85. The molecule has 2 heterocycles. The summed E-state index contributed by atoms with van der Waals surface area (Å²) in [4.78, 5) is 16.5. The summed E-state index contributed by atoms with van der Waals surface area (Å²) in [6, 6.07) is 10.6. The Hall–Kier alpha value is -2.95. The van der Waals surface area contributed by atoms with Crippen molar-refractivity contribution < 1.29 is 19.0 Å². The quantitative estimate of drug-likeness (QED) is 0.788. The molecule has 7 heteroatoms. The maximum Gasteiger partial charge on any atom is 0.253 e. The molecule has 1 aromatic heterocycles. The van der Waals surface area contributed by atoms with E-state index in [2.05, 4.69) is 10.3 Å². The van der Waals surface area contributed by atoms with Crippen LogP contribution in [0, 0.1) is 18.3 Å². The third kappa shape index (κ3) is 5.06. The molecular weight excluding hydrogens is 358 g/mol. The van der Waals surface area contributed by atoms with Crippen LogP contribution in [-0.2, 0) is 14.3 Å². The largest absolute Gasteiger partial charge is 0.438 e. The molecule has 0 aliphatic carbocycles. The Balaban J connectivity index is 1.59. The van der Waals surface area contributed by atoms with E-state index in [0.29, 0.717) is 23.6 Å². The summed E-state index contributed by atoms with van der Waals surface area (Å²) in [6.07, 6.45) is 3.08. The van der Waals surface area contributed by atoms with Crippen molar-refractivity contribution in [3.05, 3.63) is 47.7 Å². The van der Waals surface area contributed by atoms with E-state index in [1.54, 1.807) is 43.5 Å².